The first-order chi connectivity index (χ1) is 5.52. The Kier molecular flexibility index (Phi) is 5.13. The fourth-order valence-electron chi connectivity index (χ4n) is 0.538. The highest BCUT2D eigenvalue weighted by Crippen LogP contribution is 2.42. The highest BCUT2D eigenvalue weighted by Gasteiger charge is 2.20. The Labute approximate surface area is 71.6 Å². The summed E-state index contributed by atoms with van der Waals surface area (Å²) in [6, 6.07) is 0. The average Bonchev–Trinajstić information content (AvgIpc) is 2.00. The van der Waals surface area contributed by atoms with Gasteiger partial charge in [0.25, 0.3) is 0 Å². The Morgan fingerprint density at radius 2 is 2.33 bits per heavy atom. The molecule has 0 amide bonds. The van der Waals surface area contributed by atoms with Gasteiger partial charge in [0, 0.05) is 0 Å². The van der Waals surface area contributed by atoms with Crippen molar-refractivity contribution < 1.29 is 19.2 Å². The summed E-state index contributed by atoms with van der Waals surface area (Å²) in [6.07, 6.45) is 1.10. The van der Waals surface area contributed by atoms with Gasteiger partial charge in [0.15, 0.2) is 0 Å². The van der Waals surface area contributed by atoms with Crippen LogP contribution < -0.4 is 0 Å². The number of hydrogen-bond donors (Lipinski definition) is 2. The maximum absolute atomic E-state index is 11.1. The van der Waals surface area contributed by atoms with Crippen LogP contribution in [0.5, 0.6) is 0 Å². The molecule has 0 saturated carbocycles. The summed E-state index contributed by atoms with van der Waals surface area (Å²) in [5, 5.41) is 10.6. The zero-order valence-corrected chi connectivity index (χ0v) is 8.07. The van der Waals surface area contributed by atoms with E-state index in [9.17, 15) is 4.57 Å². The number of nitrogens with zero attached hydrogens (tertiary/aromatic N) is 1. The molecule has 72 valence electrons. The van der Waals surface area contributed by atoms with Gasteiger partial charge in [-0.25, -0.2) is 0 Å². The van der Waals surface area contributed by atoms with Crippen molar-refractivity contribution in [3.8, 4) is 0 Å². The predicted octanol–water partition coefficient (Wildman–Crippen LogP) is 1.45. The molecule has 0 fully saturated rings. The van der Waals surface area contributed by atoms with Crippen molar-refractivity contribution in [1.82, 2.24) is 0 Å². The van der Waals surface area contributed by atoms with Crippen molar-refractivity contribution >= 4 is 13.8 Å². The van der Waals surface area contributed by atoms with E-state index in [2.05, 4.69) is 5.16 Å². The topological polar surface area (TPSA) is 79.1 Å². The quantitative estimate of drug-likeness (QED) is 0.301. The van der Waals surface area contributed by atoms with Crippen LogP contribution in [-0.4, -0.2) is 28.6 Å². The van der Waals surface area contributed by atoms with Gasteiger partial charge >= 0.3 is 7.60 Å². The number of hydrogen-bond acceptors (Lipinski definition) is 4. The Morgan fingerprint density at radius 3 is 2.75 bits per heavy atom. The maximum Gasteiger partial charge on any atom is 0.333 e. The van der Waals surface area contributed by atoms with Crippen LogP contribution in [0.15, 0.2) is 5.16 Å². The van der Waals surface area contributed by atoms with Crippen LogP contribution in [0.4, 0.5) is 0 Å². The van der Waals surface area contributed by atoms with Gasteiger partial charge in [-0.15, -0.1) is 5.16 Å². The molecule has 0 aromatic carbocycles. The molecular formula is C6H14NO4P. The number of rotatable bonds is 5. The molecule has 12 heavy (non-hydrogen) atoms. The molecule has 6 heteroatoms. The summed E-state index contributed by atoms with van der Waals surface area (Å²) in [6.45, 7) is 3.56. The first kappa shape index (κ1) is 11.6. The minimum absolute atomic E-state index is 0.256. The molecule has 0 saturated heterocycles. The molecule has 2 unspecified atom stereocenters. The fourth-order valence-corrected chi connectivity index (χ4v) is 1.62. The lowest BCUT2D eigenvalue weighted by molar-refractivity contribution is 0.187. The Morgan fingerprint density at radius 1 is 1.75 bits per heavy atom. The second-order valence-electron chi connectivity index (χ2n) is 2.44. The van der Waals surface area contributed by atoms with E-state index in [0.29, 0.717) is 6.42 Å². The van der Waals surface area contributed by atoms with Crippen molar-refractivity contribution in [2.75, 3.05) is 6.16 Å². The van der Waals surface area contributed by atoms with E-state index in [1.54, 1.807) is 6.92 Å². The van der Waals surface area contributed by atoms with Crippen molar-refractivity contribution in [3.05, 3.63) is 0 Å². The van der Waals surface area contributed by atoms with E-state index in [0.717, 1.165) is 6.21 Å². The van der Waals surface area contributed by atoms with Gasteiger partial charge in [0.1, 0.15) is 0 Å². The van der Waals surface area contributed by atoms with Crippen LogP contribution in [-0.2, 0) is 9.09 Å². The van der Waals surface area contributed by atoms with Crippen molar-refractivity contribution in [3.63, 3.8) is 0 Å². The molecule has 0 aliphatic rings. The van der Waals surface area contributed by atoms with Crippen LogP contribution >= 0.6 is 7.60 Å². The first-order valence-electron chi connectivity index (χ1n) is 3.68. The fraction of sp³-hybridized carbons (Fsp3) is 0.833. The standard InChI is InChI=1S/C6H14NO4P/c1-3-6(2)11-12(9,10)5-4-7-8/h4,6,8H,3,5H2,1-2H3,(H,9,10). The van der Waals surface area contributed by atoms with Crippen molar-refractivity contribution in [2.45, 2.75) is 26.4 Å². The van der Waals surface area contributed by atoms with Crippen molar-refractivity contribution in [2.24, 2.45) is 5.16 Å². The Balaban J connectivity index is 3.95. The molecule has 0 radical (unpaired) electrons. The lowest BCUT2D eigenvalue weighted by atomic mass is 10.3. The molecule has 0 aromatic rings. The molecule has 5 nitrogen and oxygen atoms in total. The summed E-state index contributed by atoms with van der Waals surface area (Å²) < 4.78 is 15.9. The Hall–Kier alpha value is -0.380. The summed E-state index contributed by atoms with van der Waals surface area (Å²) in [5.74, 6) is 0. The van der Waals surface area contributed by atoms with E-state index >= 15 is 0 Å². The summed E-state index contributed by atoms with van der Waals surface area (Å²) >= 11 is 0. The molecule has 0 spiro atoms. The van der Waals surface area contributed by atoms with Crippen LogP contribution in [0.25, 0.3) is 0 Å². The SMILES string of the molecule is CCC(C)OP(=O)(O)CC=NO. The third-order valence-electron chi connectivity index (χ3n) is 1.31. The van der Waals surface area contributed by atoms with Gasteiger partial charge in [-0.3, -0.25) is 4.57 Å². The highest BCUT2D eigenvalue weighted by atomic mass is 31.2. The molecule has 0 heterocycles. The lowest BCUT2D eigenvalue weighted by Gasteiger charge is -2.14. The molecule has 0 bridgehead atoms. The summed E-state index contributed by atoms with van der Waals surface area (Å²) in [7, 11) is -3.59. The van der Waals surface area contributed by atoms with E-state index < -0.39 is 7.60 Å². The normalized spacial score (nSPS) is 19.2. The summed E-state index contributed by atoms with van der Waals surface area (Å²) in [4.78, 5) is 9.08. The molecule has 0 aromatic heterocycles. The average molecular weight is 195 g/mol. The van der Waals surface area contributed by atoms with Crippen LogP contribution in [0.3, 0.4) is 0 Å². The zero-order chi connectivity index (χ0) is 9.61. The molecular weight excluding hydrogens is 181 g/mol. The third kappa shape index (κ3) is 5.29. The Bertz CT molecular complexity index is 194. The van der Waals surface area contributed by atoms with Gasteiger partial charge in [-0.1, -0.05) is 6.92 Å². The van der Waals surface area contributed by atoms with E-state index in [1.165, 1.54) is 0 Å². The molecule has 2 N–H and O–H groups in total. The minimum Gasteiger partial charge on any atom is -0.411 e. The van der Waals surface area contributed by atoms with Crippen LogP contribution in [0.2, 0.25) is 0 Å². The predicted molar refractivity (Wildman–Crippen MR) is 45.8 cm³/mol. The minimum atomic E-state index is -3.59. The van der Waals surface area contributed by atoms with Gasteiger partial charge in [-0.05, 0) is 13.3 Å². The summed E-state index contributed by atoms with van der Waals surface area (Å²) in [5.41, 5.74) is 0. The van der Waals surface area contributed by atoms with Crippen LogP contribution in [0, 0.1) is 0 Å². The van der Waals surface area contributed by atoms with E-state index in [-0.39, 0.29) is 12.3 Å². The smallest absolute Gasteiger partial charge is 0.333 e. The second kappa shape index (κ2) is 5.30. The van der Waals surface area contributed by atoms with Crippen LogP contribution in [0.1, 0.15) is 20.3 Å². The maximum atomic E-state index is 11.1. The van der Waals surface area contributed by atoms with Gasteiger partial charge in [-0.2, -0.15) is 0 Å². The molecule has 0 aliphatic heterocycles. The molecule has 2 atom stereocenters. The molecule has 0 rings (SSSR count). The van der Waals surface area contributed by atoms with Gasteiger partial charge in [0.2, 0.25) is 0 Å². The van der Waals surface area contributed by atoms with Gasteiger partial charge < -0.3 is 14.6 Å². The van der Waals surface area contributed by atoms with E-state index in [1.807, 2.05) is 6.92 Å². The highest BCUT2D eigenvalue weighted by molar-refractivity contribution is 7.53. The first-order valence-corrected chi connectivity index (χ1v) is 5.44. The molecule has 0 aliphatic carbocycles. The third-order valence-corrected chi connectivity index (χ3v) is 2.63. The van der Waals surface area contributed by atoms with Gasteiger partial charge in [0.05, 0.1) is 18.5 Å². The number of oxime groups is 1. The van der Waals surface area contributed by atoms with E-state index in [4.69, 9.17) is 14.6 Å². The monoisotopic (exact) mass is 195 g/mol. The largest absolute Gasteiger partial charge is 0.411 e. The lowest BCUT2D eigenvalue weighted by Crippen LogP contribution is -2.06. The zero-order valence-electron chi connectivity index (χ0n) is 7.17. The second-order valence-corrected chi connectivity index (χ2v) is 4.29. The van der Waals surface area contributed by atoms with Crippen molar-refractivity contribution in [1.29, 1.82) is 0 Å².